The number of ether oxygens (including phenoxy) is 2. The van der Waals surface area contributed by atoms with E-state index in [1.807, 2.05) is 0 Å². The normalized spacial score (nSPS) is 14.9. The summed E-state index contributed by atoms with van der Waals surface area (Å²) in [7, 11) is -4.54. The van der Waals surface area contributed by atoms with Crippen LogP contribution in [0.2, 0.25) is 0 Å². The predicted molar refractivity (Wildman–Crippen MR) is 251 cm³/mol. The molecule has 0 rings (SSSR count). The van der Waals surface area contributed by atoms with Crippen molar-refractivity contribution in [3.05, 3.63) is 109 Å². The van der Waals surface area contributed by atoms with E-state index in [9.17, 15) is 19.4 Å². The summed E-state index contributed by atoms with van der Waals surface area (Å²) in [5.74, 6) is -0.410. The van der Waals surface area contributed by atoms with Crippen molar-refractivity contribution in [3.63, 3.8) is 0 Å². The number of carbonyl (C=O) groups excluding carboxylic acids is 1. The summed E-state index contributed by atoms with van der Waals surface area (Å²) in [6.07, 6.45) is 59.0. The fraction of sp³-hybridized carbons (Fsp3) is 0.620. The van der Waals surface area contributed by atoms with E-state index in [0.29, 0.717) is 13.0 Å². The van der Waals surface area contributed by atoms with Crippen LogP contribution in [0.15, 0.2) is 109 Å². The number of esters is 1. The molecule has 0 aliphatic heterocycles. The number of phosphoric ester groups is 1. The molecule has 342 valence electrons. The third-order valence-corrected chi connectivity index (χ3v) is 9.90. The molecule has 0 bridgehead atoms. The van der Waals surface area contributed by atoms with E-state index >= 15 is 0 Å². The number of allylic oxidation sites excluding steroid dienone is 18. The number of rotatable bonds is 42. The van der Waals surface area contributed by atoms with Crippen LogP contribution in [0.5, 0.6) is 0 Å². The lowest BCUT2D eigenvalue weighted by Gasteiger charge is -2.20. The Balaban J connectivity index is 4.26. The molecule has 3 N–H and O–H groups in total. The minimum absolute atomic E-state index is 0.0146. The molecule has 0 aromatic heterocycles. The predicted octanol–water partition coefficient (Wildman–Crippen LogP) is 13.0. The average molecular weight is 859 g/mol. The molecule has 3 unspecified atom stereocenters. The molecule has 0 saturated heterocycles. The molecule has 0 saturated carbocycles. The van der Waals surface area contributed by atoms with Gasteiger partial charge < -0.3 is 24.6 Å². The molecule has 0 spiro atoms. The Bertz CT molecular complexity index is 1290. The first kappa shape index (κ1) is 57.1. The lowest BCUT2D eigenvalue weighted by molar-refractivity contribution is -0.154. The first-order valence-electron chi connectivity index (χ1n) is 22.9. The van der Waals surface area contributed by atoms with Gasteiger partial charge in [-0.25, -0.2) is 4.57 Å². The van der Waals surface area contributed by atoms with Crippen molar-refractivity contribution in [2.24, 2.45) is 0 Å². The van der Waals surface area contributed by atoms with Gasteiger partial charge in [0.25, 0.3) is 0 Å². The molecule has 10 heteroatoms. The fourth-order valence-corrected chi connectivity index (χ4v) is 6.34. The smallest absolute Gasteiger partial charge is 0.457 e. The van der Waals surface area contributed by atoms with E-state index in [-0.39, 0.29) is 13.0 Å². The Morgan fingerprint density at radius 1 is 0.517 bits per heavy atom. The van der Waals surface area contributed by atoms with Crippen LogP contribution >= 0.6 is 7.82 Å². The minimum Gasteiger partial charge on any atom is -0.457 e. The van der Waals surface area contributed by atoms with Gasteiger partial charge in [0.1, 0.15) is 12.2 Å². The van der Waals surface area contributed by atoms with Crippen LogP contribution in [0.25, 0.3) is 0 Å². The molecule has 0 amide bonds. The minimum atomic E-state index is -4.54. The van der Waals surface area contributed by atoms with E-state index in [4.69, 9.17) is 23.6 Å². The fourth-order valence-electron chi connectivity index (χ4n) is 5.55. The van der Waals surface area contributed by atoms with Crippen molar-refractivity contribution in [3.8, 4) is 0 Å². The van der Waals surface area contributed by atoms with Crippen molar-refractivity contribution in [2.75, 3.05) is 33.0 Å². The molecule has 0 heterocycles. The molecule has 0 aromatic rings. The maximum Gasteiger partial charge on any atom is 0.472 e. The molecule has 0 radical (unpaired) electrons. The Morgan fingerprint density at radius 2 is 0.900 bits per heavy atom. The third kappa shape index (κ3) is 44.7. The number of aliphatic hydroxyl groups excluding tert-OH is 2. The molecule has 3 atom stereocenters. The van der Waals surface area contributed by atoms with Crippen molar-refractivity contribution >= 4 is 13.8 Å². The third-order valence-electron chi connectivity index (χ3n) is 8.95. The monoisotopic (exact) mass is 859 g/mol. The van der Waals surface area contributed by atoms with Gasteiger partial charge in [0, 0.05) is 13.0 Å². The number of phosphoric acid groups is 1. The Morgan fingerprint density at radius 3 is 1.35 bits per heavy atom. The zero-order valence-corrected chi connectivity index (χ0v) is 38.3. The summed E-state index contributed by atoms with van der Waals surface area (Å²) in [5.41, 5.74) is 0. The summed E-state index contributed by atoms with van der Waals surface area (Å²) >= 11 is 0. The van der Waals surface area contributed by atoms with Crippen LogP contribution in [-0.4, -0.2) is 66.3 Å². The molecule has 9 nitrogen and oxygen atoms in total. The average Bonchev–Trinajstić information content (AvgIpc) is 3.24. The largest absolute Gasteiger partial charge is 0.472 e. The van der Waals surface area contributed by atoms with E-state index in [1.54, 1.807) is 0 Å². The maximum absolute atomic E-state index is 12.6. The molecule has 0 aromatic carbocycles. The van der Waals surface area contributed by atoms with Crippen LogP contribution in [0.1, 0.15) is 155 Å². The van der Waals surface area contributed by atoms with Crippen LogP contribution in [-0.2, 0) is 27.9 Å². The summed E-state index contributed by atoms with van der Waals surface area (Å²) in [6.45, 7) is 3.16. The Hall–Kier alpha value is -2.88. The standard InChI is InChI=1S/C50H83O9P/c1-3-5-7-9-11-13-15-17-19-21-22-23-24-25-27-29-31-33-35-37-39-41-43-56-46-49(47-58-60(54,55)57-45-48(52)44-51)59-50(53)42-40-38-36-34-32-30-28-26-20-18-16-14-12-10-8-6-4-2/h5-8,11-14,17-20,22-23,25,27,31,33,48-49,51-52H,3-4,9-10,15-16,21,24,26,28-30,32,34-47H2,1-2H3,(H,54,55)/b7-5-,8-6-,13-11-,14-12-,19-17-,20-18-,23-22-,27-25-,33-31-. The van der Waals surface area contributed by atoms with E-state index < -0.39 is 45.8 Å². The second kappa shape index (κ2) is 45.6. The Kier molecular flexibility index (Phi) is 43.5. The number of aliphatic hydroxyl groups is 2. The highest BCUT2D eigenvalue weighted by Gasteiger charge is 2.26. The van der Waals surface area contributed by atoms with Crippen molar-refractivity contribution < 1.29 is 43.0 Å². The first-order valence-corrected chi connectivity index (χ1v) is 24.4. The maximum atomic E-state index is 12.6. The van der Waals surface area contributed by atoms with Gasteiger partial charge in [0.2, 0.25) is 0 Å². The van der Waals surface area contributed by atoms with E-state index in [0.717, 1.165) is 109 Å². The topological polar surface area (TPSA) is 132 Å². The van der Waals surface area contributed by atoms with Gasteiger partial charge >= 0.3 is 13.8 Å². The van der Waals surface area contributed by atoms with Crippen LogP contribution in [0, 0.1) is 0 Å². The van der Waals surface area contributed by atoms with Crippen molar-refractivity contribution in [1.82, 2.24) is 0 Å². The first-order chi connectivity index (χ1) is 29.3. The lowest BCUT2D eigenvalue weighted by atomic mass is 10.1. The van der Waals surface area contributed by atoms with Gasteiger partial charge in [-0.2, -0.15) is 0 Å². The highest BCUT2D eigenvalue weighted by Crippen LogP contribution is 2.43. The quantitative estimate of drug-likeness (QED) is 0.0238. The highest BCUT2D eigenvalue weighted by molar-refractivity contribution is 7.47. The summed E-state index contributed by atoms with van der Waals surface area (Å²) in [5, 5.41) is 18.4. The van der Waals surface area contributed by atoms with Crippen molar-refractivity contribution in [2.45, 2.75) is 167 Å². The highest BCUT2D eigenvalue weighted by atomic mass is 31.2. The summed E-state index contributed by atoms with van der Waals surface area (Å²) in [6, 6.07) is 0. The van der Waals surface area contributed by atoms with Gasteiger partial charge in [-0.05, 0) is 96.3 Å². The van der Waals surface area contributed by atoms with E-state index in [1.165, 1.54) is 19.3 Å². The van der Waals surface area contributed by atoms with Crippen molar-refractivity contribution in [1.29, 1.82) is 0 Å². The molecule has 60 heavy (non-hydrogen) atoms. The van der Waals surface area contributed by atoms with Gasteiger partial charge in [-0.15, -0.1) is 0 Å². The van der Waals surface area contributed by atoms with Crippen LogP contribution < -0.4 is 0 Å². The van der Waals surface area contributed by atoms with Crippen LogP contribution in [0.3, 0.4) is 0 Å². The molecule has 0 aliphatic carbocycles. The lowest BCUT2D eigenvalue weighted by Crippen LogP contribution is -2.29. The number of hydrogen-bond acceptors (Lipinski definition) is 8. The summed E-state index contributed by atoms with van der Waals surface area (Å²) in [4.78, 5) is 22.6. The summed E-state index contributed by atoms with van der Waals surface area (Å²) < 4.78 is 33.4. The molecule has 0 aliphatic rings. The zero-order chi connectivity index (χ0) is 43.9. The number of hydrogen-bond donors (Lipinski definition) is 3. The molecular formula is C50H83O9P. The van der Waals surface area contributed by atoms with Crippen LogP contribution in [0.4, 0.5) is 0 Å². The number of unbranched alkanes of at least 4 members (excludes halogenated alkanes) is 10. The zero-order valence-electron chi connectivity index (χ0n) is 37.4. The molecule has 0 fully saturated rings. The molecular weight excluding hydrogens is 776 g/mol. The van der Waals surface area contributed by atoms with Gasteiger partial charge in [0.05, 0.1) is 26.4 Å². The Labute approximate surface area is 365 Å². The van der Waals surface area contributed by atoms with Gasteiger partial charge in [-0.1, -0.05) is 162 Å². The van der Waals surface area contributed by atoms with Gasteiger partial charge in [-0.3, -0.25) is 13.8 Å². The van der Waals surface area contributed by atoms with Gasteiger partial charge in [0.15, 0.2) is 0 Å². The van der Waals surface area contributed by atoms with E-state index in [2.05, 4.69) is 123 Å². The second-order valence-corrected chi connectivity index (χ2v) is 16.1. The second-order valence-electron chi connectivity index (χ2n) is 14.7. The SMILES string of the molecule is CC/C=C\C/C=C\C/C=C\C/C=C\C/C=C\C/C=C\CCCCCOCC(COP(=O)(O)OCC(O)CO)OC(=O)CCCCCCCCC/C=C\C/C=C\C/C=C\CC. The number of carbonyl (C=O) groups is 1.